The zero-order valence-electron chi connectivity index (χ0n) is 17.1. The van der Waals surface area contributed by atoms with Gasteiger partial charge in [-0.2, -0.15) is 0 Å². The molecule has 0 radical (unpaired) electrons. The quantitative estimate of drug-likeness (QED) is 0.498. The van der Waals surface area contributed by atoms with E-state index in [0.717, 1.165) is 12.0 Å². The van der Waals surface area contributed by atoms with Crippen molar-refractivity contribution in [3.63, 3.8) is 0 Å². The zero-order chi connectivity index (χ0) is 21.4. The lowest BCUT2D eigenvalue weighted by molar-refractivity contribution is 0.0945. The smallest absolute Gasteiger partial charge is 0.267 e. The van der Waals surface area contributed by atoms with Crippen molar-refractivity contribution >= 4 is 22.6 Å². The standard InChI is InChI=1S/C22H23N5O3/c1-4-14(3)27-19(23)16(21(28)24-11-15-6-5-9-30-15)10-17-20(27)25-18-8-7-13(2)12-26(18)22(17)29/h5-10,12,14,23H,4,11H2,1-3H3,(H,24,28)/t14-/m1/s1. The Morgan fingerprint density at radius 1 is 1.33 bits per heavy atom. The summed E-state index contributed by atoms with van der Waals surface area (Å²) in [4.78, 5) is 30.8. The third-order valence-electron chi connectivity index (χ3n) is 5.28. The first-order valence-electron chi connectivity index (χ1n) is 9.84. The minimum absolute atomic E-state index is 0.0251. The lowest BCUT2D eigenvalue weighted by atomic mass is 10.1. The predicted molar refractivity (Wildman–Crippen MR) is 112 cm³/mol. The number of hydrogen-bond acceptors (Lipinski definition) is 5. The van der Waals surface area contributed by atoms with Gasteiger partial charge in [0.25, 0.3) is 11.5 Å². The van der Waals surface area contributed by atoms with Crippen LogP contribution >= 0.6 is 0 Å². The van der Waals surface area contributed by atoms with Crippen molar-refractivity contribution in [2.75, 3.05) is 0 Å². The number of nitrogens with one attached hydrogen (secondary N) is 2. The summed E-state index contributed by atoms with van der Waals surface area (Å²) < 4.78 is 8.39. The van der Waals surface area contributed by atoms with Crippen LogP contribution in [-0.2, 0) is 6.54 Å². The first-order chi connectivity index (χ1) is 14.4. The number of pyridine rings is 2. The molecule has 0 aliphatic heterocycles. The van der Waals surface area contributed by atoms with Gasteiger partial charge in [-0.05, 0) is 50.1 Å². The van der Waals surface area contributed by atoms with Crippen molar-refractivity contribution in [2.24, 2.45) is 0 Å². The number of hydrogen-bond donors (Lipinski definition) is 2. The second kappa shape index (κ2) is 7.62. The molecule has 0 aromatic carbocycles. The third kappa shape index (κ3) is 3.30. The minimum atomic E-state index is -0.441. The molecule has 0 fully saturated rings. The summed E-state index contributed by atoms with van der Waals surface area (Å²) in [6, 6.07) is 8.52. The van der Waals surface area contributed by atoms with E-state index in [9.17, 15) is 9.59 Å². The highest BCUT2D eigenvalue weighted by molar-refractivity contribution is 5.96. The number of fused-ring (bicyclic) bond motifs is 2. The monoisotopic (exact) mass is 405 g/mol. The van der Waals surface area contributed by atoms with E-state index in [2.05, 4.69) is 10.3 Å². The summed E-state index contributed by atoms with van der Waals surface area (Å²) in [6.07, 6.45) is 3.98. The van der Waals surface area contributed by atoms with Crippen LogP contribution in [0, 0.1) is 12.3 Å². The topological polar surface area (TPSA) is 105 Å². The maximum Gasteiger partial charge on any atom is 0.267 e. The molecule has 4 aromatic heterocycles. The molecular formula is C22H23N5O3. The van der Waals surface area contributed by atoms with Crippen LogP contribution in [-0.4, -0.2) is 19.9 Å². The largest absolute Gasteiger partial charge is 0.467 e. The van der Waals surface area contributed by atoms with Crippen molar-refractivity contribution in [1.82, 2.24) is 19.3 Å². The molecule has 0 aliphatic carbocycles. The maximum atomic E-state index is 13.2. The van der Waals surface area contributed by atoms with Crippen molar-refractivity contribution < 1.29 is 9.21 Å². The molecule has 1 amide bonds. The number of rotatable bonds is 5. The maximum absolute atomic E-state index is 13.2. The Morgan fingerprint density at radius 2 is 2.13 bits per heavy atom. The summed E-state index contributed by atoms with van der Waals surface area (Å²) >= 11 is 0. The highest BCUT2D eigenvalue weighted by atomic mass is 16.3. The van der Waals surface area contributed by atoms with Crippen LogP contribution in [0.4, 0.5) is 0 Å². The van der Waals surface area contributed by atoms with Crippen LogP contribution in [0.5, 0.6) is 0 Å². The number of nitrogens with zero attached hydrogens (tertiary/aromatic N) is 3. The molecule has 154 valence electrons. The van der Waals surface area contributed by atoms with Crippen molar-refractivity contribution in [2.45, 2.75) is 39.8 Å². The summed E-state index contributed by atoms with van der Waals surface area (Å²) in [5, 5.41) is 11.8. The van der Waals surface area contributed by atoms with Gasteiger partial charge in [-0.25, -0.2) is 4.98 Å². The molecule has 0 saturated carbocycles. The van der Waals surface area contributed by atoms with Crippen LogP contribution in [0.25, 0.3) is 16.7 Å². The van der Waals surface area contributed by atoms with Gasteiger partial charge in [-0.3, -0.25) is 19.4 Å². The van der Waals surface area contributed by atoms with Crippen molar-refractivity contribution in [3.8, 4) is 0 Å². The fraction of sp³-hybridized carbons (Fsp3) is 0.273. The third-order valence-corrected chi connectivity index (χ3v) is 5.28. The molecule has 0 spiro atoms. The molecule has 0 unspecified atom stereocenters. The summed E-state index contributed by atoms with van der Waals surface area (Å²) in [5.41, 5.74) is 1.72. The highest BCUT2D eigenvalue weighted by Crippen LogP contribution is 2.17. The Balaban J connectivity index is 1.94. The van der Waals surface area contributed by atoms with Crippen LogP contribution in [0.3, 0.4) is 0 Å². The highest BCUT2D eigenvalue weighted by Gasteiger charge is 2.19. The van der Waals surface area contributed by atoms with E-state index in [0.29, 0.717) is 22.4 Å². The van der Waals surface area contributed by atoms with E-state index in [1.807, 2.05) is 26.8 Å². The van der Waals surface area contributed by atoms with Gasteiger partial charge in [0.2, 0.25) is 0 Å². The fourth-order valence-corrected chi connectivity index (χ4v) is 3.47. The average Bonchev–Trinajstić information content (AvgIpc) is 3.25. The van der Waals surface area contributed by atoms with Gasteiger partial charge in [0, 0.05) is 12.2 Å². The van der Waals surface area contributed by atoms with Crippen LogP contribution in [0.2, 0.25) is 0 Å². The van der Waals surface area contributed by atoms with E-state index in [1.165, 1.54) is 16.7 Å². The molecule has 4 heterocycles. The van der Waals surface area contributed by atoms with E-state index < -0.39 is 5.91 Å². The molecular weight excluding hydrogens is 382 g/mol. The molecule has 2 N–H and O–H groups in total. The summed E-state index contributed by atoms with van der Waals surface area (Å²) in [5.74, 6) is 0.165. The predicted octanol–water partition coefficient (Wildman–Crippen LogP) is 2.93. The number of aryl methyl sites for hydroxylation is 1. The summed E-state index contributed by atoms with van der Waals surface area (Å²) in [6.45, 7) is 6.03. The Morgan fingerprint density at radius 3 is 2.83 bits per heavy atom. The van der Waals surface area contributed by atoms with Gasteiger partial charge in [0.15, 0.2) is 0 Å². The average molecular weight is 405 g/mol. The Labute approximate surface area is 172 Å². The number of aromatic nitrogens is 3. The van der Waals surface area contributed by atoms with Crippen LogP contribution in [0.15, 0.2) is 52.0 Å². The van der Waals surface area contributed by atoms with Gasteiger partial charge in [0.05, 0.1) is 23.8 Å². The van der Waals surface area contributed by atoms with Crippen molar-refractivity contribution in [3.05, 3.63) is 75.5 Å². The number of carbonyl (C=O) groups excluding carboxylic acids is 1. The van der Waals surface area contributed by atoms with Crippen LogP contribution < -0.4 is 16.4 Å². The number of carbonyl (C=O) groups is 1. The van der Waals surface area contributed by atoms with E-state index >= 15 is 0 Å². The van der Waals surface area contributed by atoms with Gasteiger partial charge in [-0.1, -0.05) is 13.0 Å². The lowest BCUT2D eigenvalue weighted by Gasteiger charge is -2.19. The molecule has 0 saturated heterocycles. The molecule has 4 aromatic rings. The van der Waals surface area contributed by atoms with Gasteiger partial charge < -0.3 is 14.3 Å². The van der Waals surface area contributed by atoms with Gasteiger partial charge in [-0.15, -0.1) is 0 Å². The van der Waals surface area contributed by atoms with Gasteiger partial charge in [0.1, 0.15) is 22.5 Å². The Bertz CT molecular complexity index is 1370. The molecule has 0 aliphatic rings. The normalized spacial score (nSPS) is 12.4. The second-order valence-corrected chi connectivity index (χ2v) is 7.38. The van der Waals surface area contributed by atoms with E-state index in [4.69, 9.17) is 9.83 Å². The fourth-order valence-electron chi connectivity index (χ4n) is 3.47. The SMILES string of the molecule is CC[C@@H](C)n1c(=N)c(C(=O)NCc2ccco2)cc2c(=O)n3cc(C)ccc3nc21. The van der Waals surface area contributed by atoms with E-state index in [-0.39, 0.29) is 29.2 Å². The van der Waals surface area contributed by atoms with E-state index in [1.54, 1.807) is 29.0 Å². The Hall–Kier alpha value is -3.68. The van der Waals surface area contributed by atoms with Crippen molar-refractivity contribution in [1.29, 1.82) is 5.41 Å². The Kier molecular flexibility index (Phi) is 4.99. The van der Waals surface area contributed by atoms with Gasteiger partial charge >= 0.3 is 0 Å². The molecule has 4 rings (SSSR count). The van der Waals surface area contributed by atoms with Crippen LogP contribution in [0.1, 0.15) is 48.0 Å². The first kappa shape index (κ1) is 19.6. The summed E-state index contributed by atoms with van der Waals surface area (Å²) in [7, 11) is 0. The minimum Gasteiger partial charge on any atom is -0.467 e. The second-order valence-electron chi connectivity index (χ2n) is 7.38. The zero-order valence-corrected chi connectivity index (χ0v) is 17.1. The first-order valence-corrected chi connectivity index (χ1v) is 9.84. The number of furan rings is 1. The molecule has 8 nitrogen and oxygen atoms in total. The molecule has 30 heavy (non-hydrogen) atoms. The molecule has 1 atom stereocenters. The molecule has 0 bridgehead atoms. The lowest BCUT2D eigenvalue weighted by Crippen LogP contribution is -2.35. The molecule has 8 heteroatoms. The number of amides is 1.